The van der Waals surface area contributed by atoms with Crippen LogP contribution in [0.3, 0.4) is 0 Å². The van der Waals surface area contributed by atoms with Crippen LogP contribution < -0.4 is 5.32 Å². The zero-order valence-electron chi connectivity index (χ0n) is 6.37. The molecule has 2 N–H and O–H groups in total. The third-order valence-corrected chi connectivity index (χ3v) is 1.92. The van der Waals surface area contributed by atoms with E-state index in [9.17, 15) is 4.79 Å². The third-order valence-electron chi connectivity index (χ3n) is 1.92. The highest BCUT2D eigenvalue weighted by molar-refractivity contribution is 6.16. The fraction of sp³-hybridized carbons (Fsp3) is 0.250. The molecule has 2 rings (SSSR count). The monoisotopic (exact) mass is 164 g/mol. The van der Waals surface area contributed by atoms with Crippen molar-refractivity contribution in [3.05, 3.63) is 23.4 Å². The lowest BCUT2D eigenvalue weighted by atomic mass is 10.0. The molecular formula is C8H8N2O2. The van der Waals surface area contributed by atoms with Gasteiger partial charge in [-0.2, -0.15) is 0 Å². The average Bonchev–Trinajstić information content (AvgIpc) is 2.47. The second-order valence-electron chi connectivity index (χ2n) is 2.67. The van der Waals surface area contributed by atoms with Crippen LogP contribution in [0.4, 0.5) is 0 Å². The van der Waals surface area contributed by atoms with Crippen LogP contribution in [-0.4, -0.2) is 29.9 Å². The number of aliphatic imine (C=N–C) groups is 1. The van der Waals surface area contributed by atoms with E-state index < -0.39 is 5.97 Å². The van der Waals surface area contributed by atoms with E-state index in [2.05, 4.69) is 10.3 Å². The second-order valence-corrected chi connectivity index (χ2v) is 2.67. The van der Waals surface area contributed by atoms with E-state index in [0.29, 0.717) is 12.1 Å². The zero-order valence-corrected chi connectivity index (χ0v) is 6.37. The summed E-state index contributed by atoms with van der Waals surface area (Å²) in [7, 11) is 0. The van der Waals surface area contributed by atoms with Crippen LogP contribution in [-0.2, 0) is 4.79 Å². The summed E-state index contributed by atoms with van der Waals surface area (Å²) in [6.07, 6.45) is 3.27. The molecular weight excluding hydrogens is 156 g/mol. The summed E-state index contributed by atoms with van der Waals surface area (Å²) in [5.74, 6) is -0.901. The molecule has 0 aromatic carbocycles. The molecule has 0 aromatic heterocycles. The number of carbonyl (C=O) groups is 1. The van der Waals surface area contributed by atoms with Crippen molar-refractivity contribution in [3.63, 3.8) is 0 Å². The van der Waals surface area contributed by atoms with Gasteiger partial charge in [0.15, 0.2) is 0 Å². The molecule has 0 saturated carbocycles. The standard InChI is InChI=1S/C8H8N2O2/c11-8(12)6-3-10-7-4-9-2-1-5(6)7/h1,3,9H,2,4H2,(H,11,12). The maximum atomic E-state index is 10.7. The van der Waals surface area contributed by atoms with Crippen molar-refractivity contribution in [2.45, 2.75) is 0 Å². The summed E-state index contributed by atoms with van der Waals surface area (Å²) in [5, 5.41) is 11.8. The van der Waals surface area contributed by atoms with Gasteiger partial charge in [0, 0.05) is 24.9 Å². The van der Waals surface area contributed by atoms with Gasteiger partial charge in [0.05, 0.1) is 11.3 Å². The summed E-state index contributed by atoms with van der Waals surface area (Å²) in [4.78, 5) is 14.7. The van der Waals surface area contributed by atoms with Crippen molar-refractivity contribution in [3.8, 4) is 0 Å². The fourth-order valence-electron chi connectivity index (χ4n) is 1.34. The Morgan fingerprint density at radius 2 is 2.50 bits per heavy atom. The van der Waals surface area contributed by atoms with Gasteiger partial charge in [-0.05, 0) is 0 Å². The van der Waals surface area contributed by atoms with Gasteiger partial charge in [0.1, 0.15) is 0 Å². The first-order valence-corrected chi connectivity index (χ1v) is 3.71. The van der Waals surface area contributed by atoms with Gasteiger partial charge in [-0.3, -0.25) is 4.99 Å². The number of carboxylic acids is 1. The molecule has 4 nitrogen and oxygen atoms in total. The van der Waals surface area contributed by atoms with Gasteiger partial charge >= 0.3 is 5.97 Å². The predicted octanol–water partition coefficient (Wildman–Crippen LogP) is -0.0609. The molecule has 0 fully saturated rings. The average molecular weight is 164 g/mol. The van der Waals surface area contributed by atoms with Gasteiger partial charge in [0.2, 0.25) is 0 Å². The first kappa shape index (κ1) is 7.24. The Morgan fingerprint density at radius 1 is 1.67 bits per heavy atom. The van der Waals surface area contributed by atoms with Gasteiger partial charge < -0.3 is 10.4 Å². The molecule has 12 heavy (non-hydrogen) atoms. The smallest absolute Gasteiger partial charge is 0.337 e. The van der Waals surface area contributed by atoms with E-state index in [1.807, 2.05) is 6.08 Å². The van der Waals surface area contributed by atoms with Gasteiger partial charge in [-0.15, -0.1) is 0 Å². The zero-order chi connectivity index (χ0) is 8.55. The maximum Gasteiger partial charge on any atom is 0.337 e. The van der Waals surface area contributed by atoms with Crippen LogP contribution >= 0.6 is 0 Å². The highest BCUT2D eigenvalue weighted by Crippen LogP contribution is 2.20. The Kier molecular flexibility index (Phi) is 1.55. The maximum absolute atomic E-state index is 10.7. The number of nitrogens with one attached hydrogen (secondary N) is 1. The van der Waals surface area contributed by atoms with Crippen LogP contribution in [0.2, 0.25) is 0 Å². The topological polar surface area (TPSA) is 61.7 Å². The largest absolute Gasteiger partial charge is 0.478 e. The molecule has 0 aromatic rings. The van der Waals surface area contributed by atoms with Crippen molar-refractivity contribution < 1.29 is 9.90 Å². The Bertz CT molecular complexity index is 326. The molecule has 0 amide bonds. The minimum Gasteiger partial charge on any atom is -0.478 e. The summed E-state index contributed by atoms with van der Waals surface area (Å²) in [6.45, 7) is 1.39. The number of hydrogen-bond acceptors (Lipinski definition) is 3. The SMILES string of the molecule is O=C(O)C1=CN=C2CNCC=C12. The summed E-state index contributed by atoms with van der Waals surface area (Å²) in [5.41, 5.74) is 1.92. The third kappa shape index (κ3) is 0.967. The lowest BCUT2D eigenvalue weighted by molar-refractivity contribution is -0.132. The van der Waals surface area contributed by atoms with Crippen molar-refractivity contribution >= 4 is 11.7 Å². The van der Waals surface area contributed by atoms with E-state index in [1.54, 1.807) is 0 Å². The molecule has 2 aliphatic heterocycles. The molecule has 0 saturated heterocycles. The van der Waals surface area contributed by atoms with Gasteiger partial charge in [0.25, 0.3) is 0 Å². The number of rotatable bonds is 1. The second kappa shape index (κ2) is 2.57. The van der Waals surface area contributed by atoms with E-state index in [0.717, 1.165) is 17.8 Å². The Morgan fingerprint density at radius 3 is 3.25 bits per heavy atom. The molecule has 2 heterocycles. The minimum atomic E-state index is -0.901. The van der Waals surface area contributed by atoms with Gasteiger partial charge in [-0.1, -0.05) is 6.08 Å². The van der Waals surface area contributed by atoms with E-state index in [1.165, 1.54) is 6.20 Å². The van der Waals surface area contributed by atoms with Crippen molar-refractivity contribution in [2.24, 2.45) is 4.99 Å². The first-order valence-electron chi connectivity index (χ1n) is 3.71. The summed E-state index contributed by atoms with van der Waals surface area (Å²) >= 11 is 0. The molecule has 0 atom stereocenters. The minimum absolute atomic E-state index is 0.312. The fourth-order valence-corrected chi connectivity index (χ4v) is 1.34. The molecule has 62 valence electrons. The molecule has 2 aliphatic rings. The lowest BCUT2D eigenvalue weighted by Crippen LogP contribution is -2.29. The van der Waals surface area contributed by atoms with E-state index >= 15 is 0 Å². The molecule has 0 spiro atoms. The van der Waals surface area contributed by atoms with Crippen LogP contribution in [0, 0.1) is 0 Å². The van der Waals surface area contributed by atoms with Crippen LogP contribution in [0.15, 0.2) is 28.4 Å². The number of nitrogens with zero attached hydrogens (tertiary/aromatic N) is 1. The summed E-state index contributed by atoms with van der Waals surface area (Å²) < 4.78 is 0. The quantitative estimate of drug-likeness (QED) is 0.570. The molecule has 0 bridgehead atoms. The molecule has 0 aliphatic carbocycles. The Hall–Kier alpha value is -1.42. The normalized spacial score (nSPS) is 20.8. The highest BCUT2D eigenvalue weighted by atomic mass is 16.4. The van der Waals surface area contributed by atoms with Gasteiger partial charge in [-0.25, -0.2) is 4.79 Å². The van der Waals surface area contributed by atoms with Crippen molar-refractivity contribution in [1.82, 2.24) is 5.32 Å². The van der Waals surface area contributed by atoms with Crippen LogP contribution in [0.25, 0.3) is 0 Å². The molecule has 4 heteroatoms. The van der Waals surface area contributed by atoms with E-state index in [4.69, 9.17) is 5.11 Å². The highest BCUT2D eigenvalue weighted by Gasteiger charge is 2.23. The summed E-state index contributed by atoms with van der Waals surface area (Å²) in [6, 6.07) is 0. The van der Waals surface area contributed by atoms with Crippen molar-refractivity contribution in [2.75, 3.05) is 13.1 Å². The number of carboxylic acid groups (broad SMARTS) is 1. The molecule has 0 unspecified atom stereocenters. The lowest BCUT2D eigenvalue weighted by Gasteiger charge is -2.12. The number of aliphatic carboxylic acids is 1. The van der Waals surface area contributed by atoms with E-state index in [-0.39, 0.29) is 0 Å². The predicted molar refractivity (Wildman–Crippen MR) is 44.1 cm³/mol. The van der Waals surface area contributed by atoms with Crippen molar-refractivity contribution in [1.29, 1.82) is 0 Å². The molecule has 0 radical (unpaired) electrons. The number of fused-ring (bicyclic) bond motifs is 1. The van der Waals surface area contributed by atoms with Crippen LogP contribution in [0.5, 0.6) is 0 Å². The Balaban J connectivity index is 2.35. The first-order chi connectivity index (χ1) is 5.79. The Labute approximate surface area is 69.3 Å². The van der Waals surface area contributed by atoms with Crippen LogP contribution in [0.1, 0.15) is 0 Å². The number of hydrogen-bond donors (Lipinski definition) is 2.